The molecule has 0 aliphatic carbocycles. The topological polar surface area (TPSA) is 91.7 Å². The number of nitrogens with one attached hydrogen (secondary N) is 2. The second-order valence-corrected chi connectivity index (χ2v) is 7.25. The van der Waals surface area contributed by atoms with Crippen molar-refractivity contribution < 1.29 is 13.9 Å². The van der Waals surface area contributed by atoms with Crippen molar-refractivity contribution in [3.05, 3.63) is 46.5 Å². The zero-order valence-electron chi connectivity index (χ0n) is 16.7. The highest BCUT2D eigenvalue weighted by atomic mass is 35.5. The van der Waals surface area contributed by atoms with Crippen LogP contribution >= 0.6 is 11.6 Å². The highest BCUT2D eigenvalue weighted by Crippen LogP contribution is 2.25. The lowest BCUT2D eigenvalue weighted by Gasteiger charge is -2.18. The summed E-state index contributed by atoms with van der Waals surface area (Å²) in [6.07, 6.45) is 3.43. The van der Waals surface area contributed by atoms with E-state index in [-0.39, 0.29) is 24.0 Å². The summed E-state index contributed by atoms with van der Waals surface area (Å²) in [5.74, 6) is -0.568. The number of aryl methyl sites for hydroxylation is 1. The van der Waals surface area contributed by atoms with E-state index in [4.69, 9.17) is 16.3 Å². The summed E-state index contributed by atoms with van der Waals surface area (Å²) >= 11 is 6.10. The molecule has 160 valence electrons. The fourth-order valence-electron chi connectivity index (χ4n) is 2.95. The van der Waals surface area contributed by atoms with Crippen LogP contribution in [0, 0.1) is 12.7 Å². The van der Waals surface area contributed by atoms with E-state index in [1.807, 2.05) is 19.1 Å². The van der Waals surface area contributed by atoms with Crippen LogP contribution in [0.15, 0.2) is 29.5 Å². The molecule has 1 aliphatic rings. The van der Waals surface area contributed by atoms with Crippen LogP contribution in [-0.4, -0.2) is 53.3 Å². The number of halogens is 2. The average Bonchev–Trinajstić information content (AvgIpc) is 2.99. The number of amides is 1. The molecule has 0 saturated carbocycles. The Balaban J connectivity index is 1.52. The number of hydrogen-bond donors (Lipinski definition) is 2. The maximum Gasteiger partial charge on any atom is 0.243 e. The van der Waals surface area contributed by atoms with E-state index < -0.39 is 5.82 Å². The first-order chi connectivity index (χ1) is 14.5. The number of benzene rings is 1. The summed E-state index contributed by atoms with van der Waals surface area (Å²) in [4.78, 5) is 22.3. The van der Waals surface area contributed by atoms with E-state index in [2.05, 4.69) is 30.7 Å². The molecule has 1 aromatic carbocycles. The van der Waals surface area contributed by atoms with Crippen molar-refractivity contribution in [3.8, 4) is 0 Å². The van der Waals surface area contributed by atoms with Crippen molar-refractivity contribution in [2.45, 2.75) is 26.3 Å². The molecular weight excluding hydrogens is 411 g/mol. The molecule has 3 rings (SSSR count). The van der Waals surface area contributed by atoms with Crippen LogP contribution in [0.2, 0.25) is 5.02 Å². The molecule has 0 bridgehead atoms. The van der Waals surface area contributed by atoms with Gasteiger partial charge in [-0.1, -0.05) is 23.7 Å². The number of carbonyl (C=O) groups excluding carboxylic acids is 1. The Morgan fingerprint density at radius 1 is 1.40 bits per heavy atom. The quantitative estimate of drug-likeness (QED) is 0.513. The first kappa shape index (κ1) is 22.1. The Bertz CT molecular complexity index is 883. The van der Waals surface area contributed by atoms with E-state index >= 15 is 0 Å². The Morgan fingerprint density at radius 3 is 3.10 bits per heavy atom. The molecule has 0 spiro atoms. The minimum atomic E-state index is -0.468. The number of carbonyl (C=O) groups is 1. The van der Waals surface area contributed by atoms with Gasteiger partial charge in [0.15, 0.2) is 5.82 Å². The second-order valence-electron chi connectivity index (χ2n) is 6.84. The molecule has 1 aliphatic heterocycles. The van der Waals surface area contributed by atoms with Crippen LogP contribution in [0.25, 0.3) is 0 Å². The number of hydrazone groups is 1. The molecule has 8 nitrogen and oxygen atoms in total. The molecule has 0 atom stereocenters. The van der Waals surface area contributed by atoms with Gasteiger partial charge in [-0.2, -0.15) is 5.10 Å². The van der Waals surface area contributed by atoms with E-state index in [0.717, 1.165) is 31.3 Å². The van der Waals surface area contributed by atoms with E-state index in [1.165, 1.54) is 6.21 Å². The number of ether oxygens (including phenoxy) is 1. The van der Waals surface area contributed by atoms with Crippen molar-refractivity contribution in [1.29, 1.82) is 0 Å². The Labute approximate surface area is 179 Å². The number of rotatable bonds is 7. The van der Waals surface area contributed by atoms with Crippen LogP contribution < -0.4 is 10.7 Å². The predicted octanol–water partition coefficient (Wildman–Crippen LogP) is 3.23. The number of hydrogen-bond acceptors (Lipinski definition) is 7. The Hall–Kier alpha value is -2.62. The van der Waals surface area contributed by atoms with E-state index in [9.17, 15) is 9.18 Å². The van der Waals surface area contributed by atoms with Crippen molar-refractivity contribution in [1.82, 2.24) is 14.9 Å². The molecule has 1 amide bonds. The van der Waals surface area contributed by atoms with Crippen LogP contribution in [0.3, 0.4) is 0 Å². The normalized spacial score (nSPS) is 15.2. The van der Waals surface area contributed by atoms with Gasteiger partial charge in [-0.25, -0.2) is 19.8 Å². The van der Waals surface area contributed by atoms with Gasteiger partial charge >= 0.3 is 0 Å². The van der Waals surface area contributed by atoms with Crippen LogP contribution in [0.4, 0.5) is 16.0 Å². The first-order valence-corrected chi connectivity index (χ1v) is 10.0. The van der Waals surface area contributed by atoms with Crippen molar-refractivity contribution in [2.75, 3.05) is 37.0 Å². The maximum absolute atomic E-state index is 14.1. The summed E-state index contributed by atoms with van der Waals surface area (Å²) in [5, 5.41) is 7.18. The smallest absolute Gasteiger partial charge is 0.243 e. The molecule has 10 heteroatoms. The van der Waals surface area contributed by atoms with Crippen LogP contribution in [-0.2, 0) is 16.1 Å². The van der Waals surface area contributed by atoms with Crippen molar-refractivity contribution in [3.63, 3.8) is 0 Å². The summed E-state index contributed by atoms with van der Waals surface area (Å²) in [7, 11) is 0. The molecule has 0 radical (unpaired) electrons. The molecule has 2 heterocycles. The van der Waals surface area contributed by atoms with Gasteiger partial charge in [-0.15, -0.1) is 0 Å². The number of aromatic nitrogens is 2. The first-order valence-electron chi connectivity index (χ1n) is 9.67. The fourth-order valence-corrected chi connectivity index (χ4v) is 3.22. The lowest BCUT2D eigenvalue weighted by molar-refractivity contribution is -0.115. The summed E-state index contributed by atoms with van der Waals surface area (Å²) in [6, 6.07) is 5.39. The molecular formula is C20H24ClFN6O2. The van der Waals surface area contributed by atoms with Gasteiger partial charge in [0.1, 0.15) is 0 Å². The minimum Gasteiger partial charge on any atom is -0.380 e. The van der Waals surface area contributed by atoms with Gasteiger partial charge in [0.2, 0.25) is 11.9 Å². The van der Waals surface area contributed by atoms with Crippen molar-refractivity contribution in [2.24, 2.45) is 5.10 Å². The third-order valence-corrected chi connectivity index (χ3v) is 4.84. The van der Waals surface area contributed by atoms with Gasteiger partial charge in [0.05, 0.1) is 35.6 Å². The van der Waals surface area contributed by atoms with E-state index in [0.29, 0.717) is 30.5 Å². The van der Waals surface area contributed by atoms with E-state index in [1.54, 1.807) is 6.07 Å². The zero-order chi connectivity index (χ0) is 21.3. The van der Waals surface area contributed by atoms with Gasteiger partial charge in [-0.3, -0.25) is 9.69 Å². The molecule has 2 aromatic rings. The largest absolute Gasteiger partial charge is 0.380 e. The summed E-state index contributed by atoms with van der Waals surface area (Å²) in [5.41, 5.74) is 4.37. The third-order valence-electron chi connectivity index (χ3n) is 4.52. The highest BCUT2D eigenvalue weighted by Gasteiger charge is 2.14. The van der Waals surface area contributed by atoms with Gasteiger partial charge in [0.25, 0.3) is 0 Å². The molecule has 2 N–H and O–H groups in total. The lowest BCUT2D eigenvalue weighted by atomic mass is 10.2. The van der Waals surface area contributed by atoms with Crippen LogP contribution in [0.1, 0.15) is 24.1 Å². The number of para-hydroxylation sites is 1. The van der Waals surface area contributed by atoms with Gasteiger partial charge < -0.3 is 10.1 Å². The fraction of sp³-hybridized carbons (Fsp3) is 0.400. The SMILES string of the molecule is Cc1cccc(Cl)c1NC(=O)C/C=N/Nc1ncc(F)c(CN2CCCOCC2)n1. The standard InChI is InChI=1S/C20H24ClFN6O2/c1-14-4-2-5-15(21)19(14)26-18(29)6-7-24-27-20-23-12-16(22)17(25-20)13-28-8-3-10-30-11-9-28/h2,4-5,7,12H,3,6,8-11,13H2,1H3,(H,26,29)(H,23,25,27)/b24-7+. The minimum absolute atomic E-state index is 0.0273. The Kier molecular flexibility index (Phi) is 8.06. The van der Waals surface area contributed by atoms with Crippen molar-refractivity contribution >= 4 is 35.4 Å². The average molecular weight is 435 g/mol. The molecule has 1 fully saturated rings. The third kappa shape index (κ3) is 6.45. The van der Waals surface area contributed by atoms with Crippen LogP contribution in [0.5, 0.6) is 0 Å². The lowest BCUT2D eigenvalue weighted by Crippen LogP contribution is -2.27. The maximum atomic E-state index is 14.1. The number of anilines is 2. The molecule has 1 aromatic heterocycles. The highest BCUT2D eigenvalue weighted by molar-refractivity contribution is 6.34. The molecule has 30 heavy (non-hydrogen) atoms. The zero-order valence-corrected chi connectivity index (χ0v) is 17.5. The molecule has 0 unspecified atom stereocenters. The second kappa shape index (κ2) is 11.0. The summed E-state index contributed by atoms with van der Waals surface area (Å²) in [6.45, 7) is 5.12. The monoisotopic (exact) mass is 434 g/mol. The predicted molar refractivity (Wildman–Crippen MR) is 114 cm³/mol. The Morgan fingerprint density at radius 2 is 2.27 bits per heavy atom. The molecule has 1 saturated heterocycles. The summed E-state index contributed by atoms with van der Waals surface area (Å²) < 4.78 is 19.5. The van der Waals surface area contributed by atoms with Gasteiger partial charge in [0, 0.05) is 32.5 Å². The van der Waals surface area contributed by atoms with Gasteiger partial charge in [-0.05, 0) is 25.0 Å². The number of nitrogens with zero attached hydrogens (tertiary/aromatic N) is 4.